The van der Waals surface area contributed by atoms with Gasteiger partial charge in [0.2, 0.25) is 10.0 Å². The molecule has 0 aliphatic rings. The van der Waals surface area contributed by atoms with E-state index in [1.54, 1.807) is 18.2 Å². The Labute approximate surface area is 162 Å². The molecule has 0 spiro atoms. The number of carbonyl (C=O) groups is 1. The number of hydrogen-bond donors (Lipinski definition) is 1. The molecule has 2 rings (SSSR count). The standard InChI is InChI=1S/C21H28N2O3S/c1-4-14-23(15-5-2)27(25,26)19-12-9-11-18(16-19)21(24)22-20-13-8-7-10-17(20)6-3/h7-13,16H,4-6,14-15H2,1-3H3,(H,22,24). The van der Waals surface area contributed by atoms with Gasteiger partial charge >= 0.3 is 0 Å². The first-order chi connectivity index (χ1) is 12.9. The minimum absolute atomic E-state index is 0.154. The Hall–Kier alpha value is -2.18. The van der Waals surface area contributed by atoms with Crippen molar-refractivity contribution in [3.8, 4) is 0 Å². The van der Waals surface area contributed by atoms with Crippen molar-refractivity contribution in [3.63, 3.8) is 0 Å². The van der Waals surface area contributed by atoms with Crippen molar-refractivity contribution in [2.24, 2.45) is 0 Å². The van der Waals surface area contributed by atoms with Gasteiger partial charge < -0.3 is 5.32 Å². The number of nitrogens with zero attached hydrogens (tertiary/aromatic N) is 1. The Morgan fingerprint density at radius 3 is 2.26 bits per heavy atom. The molecule has 0 aliphatic heterocycles. The fourth-order valence-corrected chi connectivity index (χ4v) is 4.61. The summed E-state index contributed by atoms with van der Waals surface area (Å²) in [6.45, 7) is 6.86. The molecule has 0 bridgehead atoms. The number of aryl methyl sites for hydroxylation is 1. The zero-order valence-corrected chi connectivity index (χ0v) is 17.1. The number of anilines is 1. The molecule has 0 aliphatic carbocycles. The van der Waals surface area contributed by atoms with Crippen molar-refractivity contribution in [2.75, 3.05) is 18.4 Å². The molecule has 2 aromatic rings. The molecule has 0 radical (unpaired) electrons. The number of hydrogen-bond acceptors (Lipinski definition) is 3. The molecule has 0 saturated carbocycles. The number of benzene rings is 2. The first-order valence-corrected chi connectivity index (χ1v) is 10.9. The number of rotatable bonds is 9. The van der Waals surface area contributed by atoms with Gasteiger partial charge in [0.1, 0.15) is 0 Å². The third-order valence-corrected chi connectivity index (χ3v) is 6.22. The van der Waals surface area contributed by atoms with Gasteiger partial charge in [0.15, 0.2) is 0 Å². The van der Waals surface area contributed by atoms with Crippen LogP contribution in [0.2, 0.25) is 0 Å². The molecule has 0 aromatic heterocycles. The van der Waals surface area contributed by atoms with E-state index in [9.17, 15) is 13.2 Å². The monoisotopic (exact) mass is 388 g/mol. The molecule has 0 fully saturated rings. The molecule has 146 valence electrons. The second-order valence-corrected chi connectivity index (χ2v) is 8.33. The van der Waals surface area contributed by atoms with Gasteiger partial charge in [-0.2, -0.15) is 4.31 Å². The summed E-state index contributed by atoms with van der Waals surface area (Å²) in [5.74, 6) is -0.314. The maximum Gasteiger partial charge on any atom is 0.255 e. The Bertz CT molecular complexity index is 873. The summed E-state index contributed by atoms with van der Waals surface area (Å²) >= 11 is 0. The predicted octanol–water partition coefficient (Wildman–Crippen LogP) is 4.31. The Morgan fingerprint density at radius 2 is 1.63 bits per heavy atom. The highest BCUT2D eigenvalue weighted by Crippen LogP contribution is 2.20. The molecule has 0 atom stereocenters. The fraction of sp³-hybridized carbons (Fsp3) is 0.381. The summed E-state index contributed by atoms with van der Waals surface area (Å²) in [5.41, 5.74) is 2.11. The minimum atomic E-state index is -3.61. The van der Waals surface area contributed by atoms with Crippen LogP contribution in [0.1, 0.15) is 49.5 Å². The molecule has 6 heteroatoms. The number of nitrogens with one attached hydrogen (secondary N) is 1. The molecule has 0 unspecified atom stereocenters. The molecule has 2 aromatic carbocycles. The van der Waals surface area contributed by atoms with Crippen LogP contribution in [0.5, 0.6) is 0 Å². The normalized spacial score (nSPS) is 11.6. The SMILES string of the molecule is CCCN(CCC)S(=O)(=O)c1cccc(C(=O)Nc2ccccc2CC)c1. The van der Waals surface area contributed by atoms with Gasteiger partial charge in [0.25, 0.3) is 5.91 Å². The van der Waals surface area contributed by atoms with E-state index in [0.717, 1.165) is 30.5 Å². The van der Waals surface area contributed by atoms with Crippen molar-refractivity contribution in [3.05, 3.63) is 59.7 Å². The number of amides is 1. The molecule has 0 heterocycles. The third kappa shape index (κ3) is 5.17. The van der Waals surface area contributed by atoms with E-state index in [2.05, 4.69) is 5.32 Å². The van der Waals surface area contributed by atoms with Crippen LogP contribution in [0.25, 0.3) is 0 Å². The van der Waals surface area contributed by atoms with E-state index < -0.39 is 10.0 Å². The van der Waals surface area contributed by atoms with E-state index >= 15 is 0 Å². The Balaban J connectivity index is 2.29. The average molecular weight is 389 g/mol. The maximum absolute atomic E-state index is 12.9. The highest BCUT2D eigenvalue weighted by atomic mass is 32.2. The van der Waals surface area contributed by atoms with Gasteiger partial charge in [-0.1, -0.05) is 45.0 Å². The molecule has 27 heavy (non-hydrogen) atoms. The first kappa shape index (κ1) is 21.1. The van der Waals surface area contributed by atoms with E-state index in [1.165, 1.54) is 10.4 Å². The topological polar surface area (TPSA) is 66.5 Å². The van der Waals surface area contributed by atoms with E-state index in [1.807, 2.05) is 45.0 Å². The minimum Gasteiger partial charge on any atom is -0.322 e. The number of sulfonamides is 1. The smallest absolute Gasteiger partial charge is 0.255 e. The Kier molecular flexibility index (Phi) is 7.56. The van der Waals surface area contributed by atoms with Crippen LogP contribution < -0.4 is 5.32 Å². The third-order valence-electron chi connectivity index (χ3n) is 4.33. The lowest BCUT2D eigenvalue weighted by molar-refractivity contribution is 0.102. The van der Waals surface area contributed by atoms with Crippen LogP contribution in [-0.4, -0.2) is 31.7 Å². The number of para-hydroxylation sites is 1. The van der Waals surface area contributed by atoms with Crippen LogP contribution in [0, 0.1) is 0 Å². The average Bonchev–Trinajstić information content (AvgIpc) is 2.68. The van der Waals surface area contributed by atoms with Crippen molar-refractivity contribution in [1.29, 1.82) is 0 Å². The summed E-state index contributed by atoms with van der Waals surface area (Å²) in [6, 6.07) is 13.9. The summed E-state index contributed by atoms with van der Waals surface area (Å²) in [7, 11) is -3.61. The van der Waals surface area contributed by atoms with Gasteiger partial charge in [-0.3, -0.25) is 4.79 Å². The molecule has 1 N–H and O–H groups in total. The van der Waals surface area contributed by atoms with Crippen molar-refractivity contribution < 1.29 is 13.2 Å². The lowest BCUT2D eigenvalue weighted by atomic mass is 10.1. The lowest BCUT2D eigenvalue weighted by Crippen LogP contribution is -2.32. The van der Waals surface area contributed by atoms with Crippen LogP contribution >= 0.6 is 0 Å². The fourth-order valence-electron chi connectivity index (χ4n) is 2.94. The van der Waals surface area contributed by atoms with Crippen molar-refractivity contribution in [1.82, 2.24) is 4.31 Å². The zero-order valence-electron chi connectivity index (χ0n) is 16.2. The van der Waals surface area contributed by atoms with E-state index in [-0.39, 0.29) is 10.8 Å². The Morgan fingerprint density at radius 1 is 0.963 bits per heavy atom. The van der Waals surface area contributed by atoms with Gasteiger partial charge in [0.05, 0.1) is 4.90 Å². The second kappa shape index (κ2) is 9.67. The van der Waals surface area contributed by atoms with Crippen LogP contribution in [0.15, 0.2) is 53.4 Å². The predicted molar refractivity (Wildman–Crippen MR) is 110 cm³/mol. The lowest BCUT2D eigenvalue weighted by Gasteiger charge is -2.21. The highest BCUT2D eigenvalue weighted by Gasteiger charge is 2.24. The van der Waals surface area contributed by atoms with Crippen LogP contribution in [0.4, 0.5) is 5.69 Å². The largest absolute Gasteiger partial charge is 0.322 e. The van der Waals surface area contributed by atoms with Crippen LogP contribution in [0.3, 0.4) is 0 Å². The molecular weight excluding hydrogens is 360 g/mol. The van der Waals surface area contributed by atoms with Gasteiger partial charge in [-0.25, -0.2) is 8.42 Å². The number of carbonyl (C=O) groups excluding carboxylic acids is 1. The van der Waals surface area contributed by atoms with Crippen molar-refractivity contribution in [2.45, 2.75) is 44.9 Å². The molecular formula is C21H28N2O3S. The quantitative estimate of drug-likeness (QED) is 0.696. The van der Waals surface area contributed by atoms with Gasteiger partial charge in [0, 0.05) is 24.3 Å². The van der Waals surface area contributed by atoms with Crippen molar-refractivity contribution >= 4 is 21.6 Å². The molecule has 1 amide bonds. The van der Waals surface area contributed by atoms with Gasteiger partial charge in [-0.15, -0.1) is 0 Å². The van der Waals surface area contributed by atoms with E-state index in [4.69, 9.17) is 0 Å². The highest BCUT2D eigenvalue weighted by molar-refractivity contribution is 7.89. The molecule has 0 saturated heterocycles. The summed E-state index contributed by atoms with van der Waals surface area (Å²) in [5, 5.41) is 2.89. The summed E-state index contributed by atoms with van der Waals surface area (Å²) in [4.78, 5) is 12.8. The maximum atomic E-state index is 12.9. The second-order valence-electron chi connectivity index (χ2n) is 6.40. The zero-order chi connectivity index (χ0) is 19.9. The first-order valence-electron chi connectivity index (χ1n) is 9.43. The van der Waals surface area contributed by atoms with Gasteiger partial charge in [-0.05, 0) is 49.1 Å². The van der Waals surface area contributed by atoms with Crippen LogP contribution in [-0.2, 0) is 16.4 Å². The summed E-state index contributed by atoms with van der Waals surface area (Å²) < 4.78 is 27.4. The van der Waals surface area contributed by atoms with E-state index in [0.29, 0.717) is 18.7 Å². The summed E-state index contributed by atoms with van der Waals surface area (Å²) in [6.07, 6.45) is 2.29. The molecule has 5 nitrogen and oxygen atoms in total.